The molecule has 174 valence electrons. The number of nitrogens with zero attached hydrogens (tertiary/aromatic N) is 1. The summed E-state index contributed by atoms with van der Waals surface area (Å²) in [5, 5.41) is 14.8. The Balaban J connectivity index is 1.50. The van der Waals surface area contributed by atoms with Crippen molar-refractivity contribution in [3.63, 3.8) is 0 Å². The summed E-state index contributed by atoms with van der Waals surface area (Å²) in [5.41, 5.74) is -0.499. The Morgan fingerprint density at radius 3 is 2.76 bits per heavy atom. The lowest BCUT2D eigenvalue weighted by atomic mass is 9.70. The smallest absolute Gasteiger partial charge is 0.312 e. The third-order valence-electron chi connectivity index (χ3n) is 7.30. The van der Waals surface area contributed by atoms with Crippen LogP contribution in [0.1, 0.15) is 26.7 Å². The van der Waals surface area contributed by atoms with Crippen molar-refractivity contribution in [3.8, 4) is 0 Å². The fourth-order valence-corrected chi connectivity index (χ4v) is 5.94. The number of anilines is 1. The molecule has 33 heavy (non-hydrogen) atoms. The molecule has 3 heterocycles. The van der Waals surface area contributed by atoms with E-state index in [1.54, 1.807) is 13.8 Å². The van der Waals surface area contributed by atoms with Crippen molar-refractivity contribution in [1.29, 1.82) is 0 Å². The van der Waals surface area contributed by atoms with Gasteiger partial charge in [0.1, 0.15) is 11.6 Å². The van der Waals surface area contributed by atoms with Gasteiger partial charge in [-0.15, -0.1) is 0 Å². The Bertz CT molecular complexity index is 1120. The Kier molecular flexibility index (Phi) is 5.37. The highest BCUT2D eigenvalue weighted by molar-refractivity contribution is 6.04. The highest BCUT2D eigenvalue weighted by atomic mass is 16.6. The number of hydrogen-bond acceptors (Lipinski definition) is 6. The molecule has 3 aliphatic rings. The van der Waals surface area contributed by atoms with Crippen LogP contribution in [0.5, 0.6) is 0 Å². The number of fused-ring (bicyclic) bond motifs is 2. The Labute approximate surface area is 191 Å². The Morgan fingerprint density at radius 1 is 1.27 bits per heavy atom. The van der Waals surface area contributed by atoms with E-state index in [9.17, 15) is 19.5 Å². The molecular formula is C25H28N2O6. The fraction of sp³-hybridized carbons (Fsp3) is 0.480. The predicted molar refractivity (Wildman–Crippen MR) is 120 cm³/mol. The minimum absolute atomic E-state index is 0.207. The standard InChI is InChI=1S/C25H28N2O6/c1-3-32-24(31)19-18-10-11-25(33-18)20(19)23(30)27(14(2)13-28)21(25)22(29)26-17-9-8-15-6-4-5-7-16(15)12-17/h4-9,12,14,18-21,28H,3,10-11,13H2,1-2H3,(H,26,29)/t14-,18-,19+,20+,21-,25+/m1/s1. The molecule has 2 amide bonds. The highest BCUT2D eigenvalue weighted by Gasteiger charge is 2.75. The number of carbonyl (C=O) groups is 3. The van der Waals surface area contributed by atoms with Gasteiger partial charge in [0.2, 0.25) is 11.8 Å². The Morgan fingerprint density at radius 2 is 2.03 bits per heavy atom. The second-order valence-electron chi connectivity index (χ2n) is 9.14. The molecule has 5 rings (SSSR count). The minimum atomic E-state index is -1.11. The summed E-state index contributed by atoms with van der Waals surface area (Å²) in [6.07, 6.45) is 0.628. The van der Waals surface area contributed by atoms with Gasteiger partial charge >= 0.3 is 5.97 Å². The molecule has 3 aliphatic heterocycles. The molecule has 0 aromatic heterocycles. The fourth-order valence-electron chi connectivity index (χ4n) is 5.94. The van der Waals surface area contributed by atoms with Crippen molar-refractivity contribution in [2.45, 2.75) is 50.5 Å². The molecular weight excluding hydrogens is 424 g/mol. The molecule has 1 spiro atoms. The van der Waals surface area contributed by atoms with Crippen LogP contribution in [-0.4, -0.2) is 64.8 Å². The zero-order valence-corrected chi connectivity index (χ0v) is 18.7. The summed E-state index contributed by atoms with van der Waals surface area (Å²) < 4.78 is 11.5. The second-order valence-corrected chi connectivity index (χ2v) is 9.14. The van der Waals surface area contributed by atoms with Crippen molar-refractivity contribution in [3.05, 3.63) is 42.5 Å². The van der Waals surface area contributed by atoms with Crippen molar-refractivity contribution < 1.29 is 29.0 Å². The maximum Gasteiger partial charge on any atom is 0.312 e. The molecule has 2 aromatic rings. The van der Waals surface area contributed by atoms with Crippen LogP contribution in [0.25, 0.3) is 10.8 Å². The third-order valence-corrected chi connectivity index (χ3v) is 7.30. The van der Waals surface area contributed by atoms with E-state index in [1.165, 1.54) is 4.90 Å². The van der Waals surface area contributed by atoms with Crippen molar-refractivity contribution in [2.24, 2.45) is 11.8 Å². The maximum atomic E-state index is 13.7. The first kappa shape index (κ1) is 21.9. The lowest BCUT2D eigenvalue weighted by molar-refractivity contribution is -0.155. The molecule has 3 saturated heterocycles. The van der Waals surface area contributed by atoms with Gasteiger partial charge in [-0.05, 0) is 49.6 Å². The summed E-state index contributed by atoms with van der Waals surface area (Å²) in [5.74, 6) is -2.72. The van der Waals surface area contributed by atoms with Crippen LogP contribution in [0.15, 0.2) is 42.5 Å². The first-order valence-electron chi connectivity index (χ1n) is 11.5. The predicted octanol–water partition coefficient (Wildman–Crippen LogP) is 2.10. The number of amides is 2. The van der Waals surface area contributed by atoms with E-state index in [4.69, 9.17) is 9.47 Å². The minimum Gasteiger partial charge on any atom is -0.466 e. The molecule has 8 heteroatoms. The summed E-state index contributed by atoms with van der Waals surface area (Å²) in [7, 11) is 0. The van der Waals surface area contributed by atoms with Crippen molar-refractivity contribution in [1.82, 2.24) is 4.90 Å². The normalized spacial score (nSPS) is 31.0. The number of esters is 1. The van der Waals surface area contributed by atoms with E-state index in [2.05, 4.69) is 5.32 Å². The number of hydrogen-bond donors (Lipinski definition) is 2. The number of rotatable bonds is 6. The van der Waals surface area contributed by atoms with Gasteiger partial charge in [-0.2, -0.15) is 0 Å². The number of benzene rings is 2. The number of nitrogens with one attached hydrogen (secondary N) is 1. The van der Waals surface area contributed by atoms with Gasteiger partial charge in [0, 0.05) is 5.69 Å². The van der Waals surface area contributed by atoms with Crippen LogP contribution in [-0.2, 0) is 23.9 Å². The van der Waals surface area contributed by atoms with Gasteiger partial charge in [-0.25, -0.2) is 0 Å². The van der Waals surface area contributed by atoms with Crippen LogP contribution in [0.3, 0.4) is 0 Å². The lowest BCUT2D eigenvalue weighted by Gasteiger charge is -2.35. The molecule has 0 unspecified atom stereocenters. The van der Waals surface area contributed by atoms with E-state index in [0.29, 0.717) is 18.5 Å². The lowest BCUT2D eigenvalue weighted by Crippen LogP contribution is -2.55. The average Bonchev–Trinajstić information content (AvgIpc) is 3.46. The third kappa shape index (κ3) is 3.23. The second kappa shape index (κ2) is 8.11. The van der Waals surface area contributed by atoms with Gasteiger partial charge in [-0.1, -0.05) is 30.3 Å². The van der Waals surface area contributed by atoms with Crippen molar-refractivity contribution >= 4 is 34.2 Å². The largest absolute Gasteiger partial charge is 0.466 e. The van der Waals surface area contributed by atoms with E-state index >= 15 is 0 Å². The van der Waals surface area contributed by atoms with Crippen LogP contribution in [0.4, 0.5) is 5.69 Å². The molecule has 2 N–H and O–H groups in total. The van der Waals surface area contributed by atoms with E-state index < -0.39 is 41.6 Å². The van der Waals surface area contributed by atoms with Crippen LogP contribution >= 0.6 is 0 Å². The average molecular weight is 453 g/mol. The van der Waals surface area contributed by atoms with Crippen LogP contribution in [0.2, 0.25) is 0 Å². The molecule has 0 radical (unpaired) electrons. The van der Waals surface area contributed by atoms with Crippen molar-refractivity contribution in [2.75, 3.05) is 18.5 Å². The number of aliphatic hydroxyl groups is 1. The summed E-state index contributed by atoms with van der Waals surface area (Å²) >= 11 is 0. The number of ether oxygens (including phenoxy) is 2. The van der Waals surface area contributed by atoms with Gasteiger partial charge in [0.05, 0.1) is 37.2 Å². The summed E-state index contributed by atoms with van der Waals surface area (Å²) in [4.78, 5) is 41.4. The molecule has 6 atom stereocenters. The van der Waals surface area contributed by atoms with Gasteiger partial charge < -0.3 is 24.8 Å². The van der Waals surface area contributed by atoms with E-state index in [-0.39, 0.29) is 25.0 Å². The molecule has 0 saturated carbocycles. The SMILES string of the molecule is CCOC(=O)[C@@H]1[C@H]2C(=O)N([C@H](C)CO)[C@H](C(=O)Nc3ccc4ccccc4c3)[C@]23CC[C@H]1O3. The van der Waals surface area contributed by atoms with Crippen LogP contribution in [0, 0.1) is 11.8 Å². The molecule has 8 nitrogen and oxygen atoms in total. The Hall–Kier alpha value is -2.97. The topological polar surface area (TPSA) is 105 Å². The van der Waals surface area contributed by atoms with E-state index in [1.807, 2.05) is 42.5 Å². The molecule has 2 bridgehead atoms. The van der Waals surface area contributed by atoms with E-state index in [0.717, 1.165) is 10.8 Å². The maximum absolute atomic E-state index is 13.7. The summed E-state index contributed by atoms with van der Waals surface area (Å²) in [6, 6.07) is 11.9. The first-order valence-corrected chi connectivity index (χ1v) is 11.5. The van der Waals surface area contributed by atoms with Gasteiger partial charge in [-0.3, -0.25) is 14.4 Å². The quantitative estimate of drug-likeness (QED) is 0.651. The zero-order chi connectivity index (χ0) is 23.3. The van der Waals surface area contributed by atoms with Gasteiger partial charge in [0.15, 0.2) is 0 Å². The number of likely N-dealkylation sites (tertiary alicyclic amines) is 1. The summed E-state index contributed by atoms with van der Waals surface area (Å²) in [6.45, 7) is 3.32. The molecule has 3 fully saturated rings. The van der Waals surface area contributed by atoms with Gasteiger partial charge in [0.25, 0.3) is 0 Å². The highest BCUT2D eigenvalue weighted by Crippen LogP contribution is 2.59. The zero-order valence-electron chi connectivity index (χ0n) is 18.7. The van der Waals surface area contributed by atoms with Crippen LogP contribution < -0.4 is 5.32 Å². The molecule has 0 aliphatic carbocycles. The monoisotopic (exact) mass is 452 g/mol. The molecule has 2 aromatic carbocycles. The number of aliphatic hydroxyl groups excluding tert-OH is 1. The number of carbonyl (C=O) groups excluding carboxylic acids is 3. The first-order chi connectivity index (χ1) is 15.9.